The largest absolute Gasteiger partial charge is 0.507 e. The van der Waals surface area contributed by atoms with Gasteiger partial charge >= 0.3 is 0 Å². The number of fused-ring (bicyclic) bond motifs is 2. The molecular weight excluding hydrogens is 216 g/mol. The average molecular weight is 230 g/mol. The minimum absolute atomic E-state index is 0.0274. The standard InChI is InChI=1S/C13H14N2O2/c16-10-6-4-5-9-12(10)13(17)15-8-3-1-2-7-11(15)14-9/h4-6,16H,1-3,7-8H2. The van der Waals surface area contributed by atoms with E-state index in [1.54, 1.807) is 16.7 Å². The van der Waals surface area contributed by atoms with Gasteiger partial charge in [0.2, 0.25) is 0 Å². The van der Waals surface area contributed by atoms with E-state index in [2.05, 4.69) is 4.98 Å². The second-order valence-electron chi connectivity index (χ2n) is 4.47. The first-order chi connectivity index (χ1) is 8.27. The van der Waals surface area contributed by atoms with Crippen LogP contribution in [0.4, 0.5) is 0 Å². The van der Waals surface area contributed by atoms with E-state index < -0.39 is 0 Å². The van der Waals surface area contributed by atoms with Crippen molar-refractivity contribution in [3.05, 3.63) is 34.4 Å². The molecule has 1 aliphatic heterocycles. The lowest BCUT2D eigenvalue weighted by molar-refractivity contribution is 0.480. The lowest BCUT2D eigenvalue weighted by Crippen LogP contribution is -2.24. The van der Waals surface area contributed by atoms with Gasteiger partial charge in [0, 0.05) is 13.0 Å². The molecule has 0 aliphatic carbocycles. The molecule has 0 saturated carbocycles. The number of hydrogen-bond acceptors (Lipinski definition) is 3. The Kier molecular flexibility index (Phi) is 2.35. The van der Waals surface area contributed by atoms with Crippen molar-refractivity contribution in [1.82, 2.24) is 9.55 Å². The van der Waals surface area contributed by atoms with Crippen LogP contribution in [0.25, 0.3) is 10.9 Å². The van der Waals surface area contributed by atoms with Crippen molar-refractivity contribution in [2.24, 2.45) is 0 Å². The molecule has 0 bridgehead atoms. The molecule has 1 aromatic carbocycles. The Morgan fingerprint density at radius 3 is 3.00 bits per heavy atom. The Bertz CT molecular complexity index is 631. The minimum Gasteiger partial charge on any atom is -0.507 e. The van der Waals surface area contributed by atoms with E-state index in [1.165, 1.54) is 6.07 Å². The zero-order valence-electron chi connectivity index (χ0n) is 9.52. The molecule has 88 valence electrons. The van der Waals surface area contributed by atoms with Gasteiger partial charge in [-0.3, -0.25) is 9.36 Å². The van der Waals surface area contributed by atoms with Crippen LogP contribution in [0.5, 0.6) is 5.75 Å². The van der Waals surface area contributed by atoms with Gasteiger partial charge in [0.25, 0.3) is 5.56 Å². The van der Waals surface area contributed by atoms with Crippen LogP contribution >= 0.6 is 0 Å². The van der Waals surface area contributed by atoms with E-state index in [9.17, 15) is 9.90 Å². The maximum Gasteiger partial charge on any atom is 0.265 e. The smallest absolute Gasteiger partial charge is 0.265 e. The summed E-state index contributed by atoms with van der Waals surface area (Å²) in [5, 5.41) is 10.1. The van der Waals surface area contributed by atoms with Gasteiger partial charge in [-0.2, -0.15) is 0 Å². The highest BCUT2D eigenvalue weighted by atomic mass is 16.3. The summed E-state index contributed by atoms with van der Waals surface area (Å²) >= 11 is 0. The molecule has 0 amide bonds. The highest BCUT2D eigenvalue weighted by Gasteiger charge is 2.15. The molecule has 0 saturated heterocycles. The first-order valence-electron chi connectivity index (χ1n) is 5.99. The summed E-state index contributed by atoms with van der Waals surface area (Å²) in [6.07, 6.45) is 4.07. The Morgan fingerprint density at radius 1 is 1.24 bits per heavy atom. The molecule has 2 heterocycles. The van der Waals surface area contributed by atoms with Crippen LogP contribution in [0.1, 0.15) is 25.1 Å². The van der Waals surface area contributed by atoms with E-state index in [0.717, 1.165) is 31.5 Å². The topological polar surface area (TPSA) is 55.1 Å². The van der Waals surface area contributed by atoms with Gasteiger partial charge in [0.05, 0.1) is 5.52 Å². The predicted molar refractivity (Wildman–Crippen MR) is 65.2 cm³/mol. The summed E-state index contributed by atoms with van der Waals surface area (Å²) in [6.45, 7) is 0.714. The molecular formula is C13H14N2O2. The van der Waals surface area contributed by atoms with Crippen LogP contribution in [0.15, 0.2) is 23.0 Å². The molecule has 0 fully saturated rings. The van der Waals surface area contributed by atoms with Crippen LogP contribution in [-0.2, 0) is 13.0 Å². The van der Waals surface area contributed by atoms with Gasteiger partial charge in [-0.25, -0.2) is 4.98 Å². The number of benzene rings is 1. The number of aryl methyl sites for hydroxylation is 1. The molecule has 17 heavy (non-hydrogen) atoms. The van der Waals surface area contributed by atoms with Gasteiger partial charge in [0.1, 0.15) is 17.0 Å². The lowest BCUT2D eigenvalue weighted by atomic mass is 10.2. The van der Waals surface area contributed by atoms with Gasteiger partial charge in [-0.1, -0.05) is 12.5 Å². The van der Waals surface area contributed by atoms with Gasteiger partial charge in [-0.15, -0.1) is 0 Å². The fourth-order valence-corrected chi connectivity index (χ4v) is 2.44. The fraction of sp³-hybridized carbons (Fsp3) is 0.385. The molecule has 2 aromatic rings. The monoisotopic (exact) mass is 230 g/mol. The fourth-order valence-electron chi connectivity index (χ4n) is 2.44. The van der Waals surface area contributed by atoms with Crippen LogP contribution in [0.3, 0.4) is 0 Å². The van der Waals surface area contributed by atoms with Gasteiger partial charge in [0.15, 0.2) is 0 Å². The third kappa shape index (κ3) is 1.60. The number of nitrogens with zero attached hydrogens (tertiary/aromatic N) is 2. The van der Waals surface area contributed by atoms with Crippen molar-refractivity contribution in [2.45, 2.75) is 32.2 Å². The van der Waals surface area contributed by atoms with E-state index in [-0.39, 0.29) is 11.3 Å². The zero-order chi connectivity index (χ0) is 11.8. The Morgan fingerprint density at radius 2 is 2.12 bits per heavy atom. The Hall–Kier alpha value is -1.84. The molecule has 0 spiro atoms. The van der Waals surface area contributed by atoms with Crippen LogP contribution in [-0.4, -0.2) is 14.7 Å². The average Bonchev–Trinajstić information content (AvgIpc) is 2.54. The van der Waals surface area contributed by atoms with Crippen molar-refractivity contribution < 1.29 is 5.11 Å². The molecule has 1 aromatic heterocycles. The summed E-state index contributed by atoms with van der Waals surface area (Å²) in [6, 6.07) is 5.04. The molecule has 0 radical (unpaired) electrons. The van der Waals surface area contributed by atoms with E-state index >= 15 is 0 Å². The van der Waals surface area contributed by atoms with Crippen LogP contribution in [0.2, 0.25) is 0 Å². The van der Waals surface area contributed by atoms with Crippen molar-refractivity contribution in [1.29, 1.82) is 0 Å². The molecule has 4 heteroatoms. The number of aromatic hydroxyl groups is 1. The summed E-state index contributed by atoms with van der Waals surface area (Å²) in [4.78, 5) is 16.8. The highest BCUT2D eigenvalue weighted by molar-refractivity contribution is 5.83. The molecule has 0 unspecified atom stereocenters. The highest BCUT2D eigenvalue weighted by Crippen LogP contribution is 2.21. The summed E-state index contributed by atoms with van der Waals surface area (Å²) in [5.74, 6) is 0.880. The van der Waals surface area contributed by atoms with Gasteiger partial charge < -0.3 is 5.11 Å². The van der Waals surface area contributed by atoms with Gasteiger partial charge in [-0.05, 0) is 25.0 Å². The lowest BCUT2D eigenvalue weighted by Gasteiger charge is -2.10. The van der Waals surface area contributed by atoms with Crippen molar-refractivity contribution >= 4 is 10.9 Å². The molecule has 1 N–H and O–H groups in total. The van der Waals surface area contributed by atoms with Crippen LogP contribution < -0.4 is 5.56 Å². The molecule has 3 rings (SSSR count). The van der Waals surface area contributed by atoms with E-state index in [1.807, 2.05) is 0 Å². The maximum absolute atomic E-state index is 12.3. The van der Waals surface area contributed by atoms with Crippen molar-refractivity contribution in [2.75, 3.05) is 0 Å². The number of hydrogen-bond donors (Lipinski definition) is 1. The molecule has 0 atom stereocenters. The second kappa shape index (κ2) is 3.87. The predicted octanol–water partition coefficient (Wildman–Crippen LogP) is 1.83. The zero-order valence-corrected chi connectivity index (χ0v) is 9.52. The Balaban J connectivity index is 2.38. The normalized spacial score (nSPS) is 15.5. The van der Waals surface area contributed by atoms with E-state index in [0.29, 0.717) is 17.4 Å². The first kappa shape index (κ1) is 10.3. The van der Waals surface area contributed by atoms with E-state index in [4.69, 9.17) is 0 Å². The maximum atomic E-state index is 12.3. The summed E-state index contributed by atoms with van der Waals surface area (Å²) in [7, 11) is 0. The number of aromatic nitrogens is 2. The Labute approximate surface area is 98.5 Å². The molecule has 1 aliphatic rings. The third-order valence-corrected chi connectivity index (χ3v) is 3.32. The third-order valence-electron chi connectivity index (χ3n) is 3.32. The summed E-state index contributed by atoms with van der Waals surface area (Å²) < 4.78 is 1.72. The summed E-state index contributed by atoms with van der Waals surface area (Å²) in [5.41, 5.74) is 0.494. The quantitative estimate of drug-likeness (QED) is 0.751. The second-order valence-corrected chi connectivity index (χ2v) is 4.47. The minimum atomic E-state index is -0.106. The van der Waals surface area contributed by atoms with Crippen molar-refractivity contribution in [3.63, 3.8) is 0 Å². The SMILES string of the molecule is O=c1c2c(O)cccc2nc2n1CCCCC2. The van der Waals surface area contributed by atoms with Crippen LogP contribution in [0, 0.1) is 0 Å². The number of rotatable bonds is 0. The first-order valence-corrected chi connectivity index (χ1v) is 5.99. The molecule has 4 nitrogen and oxygen atoms in total. The van der Waals surface area contributed by atoms with Crippen molar-refractivity contribution in [3.8, 4) is 5.75 Å². The number of phenolic OH excluding ortho intramolecular Hbond substituents is 1. The number of phenols is 1.